The molecule has 0 bridgehead atoms. The molecule has 6 aromatic rings. The number of nitrogens with zero attached hydrogens (tertiary/aromatic N) is 2. The zero-order valence-electron chi connectivity index (χ0n) is 27.8. The maximum Gasteiger partial charge on any atom is 0.316 e. The van der Waals surface area contributed by atoms with E-state index in [1.807, 2.05) is 60.9 Å². The maximum atomic E-state index is 11.6. The summed E-state index contributed by atoms with van der Waals surface area (Å²) < 4.78 is 0. The molecule has 247 valence electrons. The number of ketones is 2. The fourth-order valence-corrected chi connectivity index (χ4v) is 4.64. The van der Waals surface area contributed by atoms with Gasteiger partial charge in [-0.1, -0.05) is 130 Å². The van der Waals surface area contributed by atoms with Crippen molar-refractivity contribution < 1.29 is 39.6 Å². The van der Waals surface area contributed by atoms with E-state index in [0.29, 0.717) is 0 Å². The fraction of sp³-hybridized carbons (Fsp3) is 0.195. The van der Waals surface area contributed by atoms with Crippen molar-refractivity contribution in [1.29, 1.82) is 0 Å². The van der Waals surface area contributed by atoms with Crippen LogP contribution in [0.3, 0.4) is 0 Å². The van der Waals surface area contributed by atoms with Crippen LogP contribution in [0.1, 0.15) is 41.0 Å². The van der Waals surface area contributed by atoms with E-state index < -0.39 is 22.6 Å². The van der Waals surface area contributed by atoms with Crippen molar-refractivity contribution in [3.63, 3.8) is 0 Å². The summed E-state index contributed by atoms with van der Waals surface area (Å²) in [6, 6.07) is 41.3. The summed E-state index contributed by atoms with van der Waals surface area (Å²) >= 11 is 0. The number of carbonyl (C=O) groups is 3. The van der Waals surface area contributed by atoms with E-state index in [1.54, 1.807) is 20.8 Å². The molecule has 0 saturated carbocycles. The van der Waals surface area contributed by atoms with Gasteiger partial charge in [-0.05, 0) is 36.8 Å². The number of hydrogen-bond donors (Lipinski definition) is 1. The number of rotatable bonds is 6. The molecule has 1 radical (unpaired) electrons. The number of carboxylic acid groups (broad SMARTS) is 1. The van der Waals surface area contributed by atoms with Gasteiger partial charge in [0.2, 0.25) is 0 Å². The Morgan fingerprint density at radius 1 is 0.542 bits per heavy atom. The van der Waals surface area contributed by atoms with Crippen molar-refractivity contribution in [2.24, 2.45) is 10.8 Å². The van der Waals surface area contributed by atoms with E-state index in [4.69, 9.17) is 5.11 Å². The van der Waals surface area contributed by atoms with Crippen molar-refractivity contribution >= 4 is 39.1 Å². The van der Waals surface area contributed by atoms with Crippen LogP contribution in [0.2, 0.25) is 0 Å². The van der Waals surface area contributed by atoms with Gasteiger partial charge < -0.3 is 5.11 Å². The topological polar surface area (TPSA) is 97.2 Å². The number of hydrogen-bond acceptors (Lipinski definition) is 5. The number of carbonyl (C=O) groups excluding carboxylic acids is 2. The van der Waals surface area contributed by atoms with E-state index in [9.17, 15) is 14.4 Å². The minimum Gasteiger partial charge on any atom is -0.481 e. The molecule has 48 heavy (non-hydrogen) atoms. The normalized spacial score (nSPS) is 10.9. The Labute approximate surface area is 295 Å². The van der Waals surface area contributed by atoms with Gasteiger partial charge in [0.05, 0.1) is 17.8 Å². The SMILES string of the molecule is CC(C)(C)C(=O)CC(=O)C(C)(C)C(=O)O.[Ir].c1ccc(-c2nccc3ccccc23)cc1.c1ccc(-c2nccc3ccccc23)cc1. The number of aliphatic carboxylic acids is 1. The molecule has 4 aromatic carbocycles. The number of aromatic nitrogens is 2. The molecule has 6 rings (SSSR count). The van der Waals surface area contributed by atoms with Crippen LogP contribution in [-0.2, 0) is 34.5 Å². The molecule has 0 aliphatic heterocycles. The monoisotopic (exact) mass is 817 g/mol. The molecule has 0 atom stereocenters. The van der Waals surface area contributed by atoms with Crippen LogP contribution in [0, 0.1) is 10.8 Å². The first-order valence-corrected chi connectivity index (χ1v) is 15.5. The van der Waals surface area contributed by atoms with Gasteiger partial charge in [0.25, 0.3) is 0 Å². The second kappa shape index (κ2) is 16.8. The molecular formula is C41H40IrN2O4. The average molecular weight is 817 g/mol. The van der Waals surface area contributed by atoms with Gasteiger partial charge in [0.1, 0.15) is 11.2 Å². The van der Waals surface area contributed by atoms with Crippen molar-refractivity contribution in [1.82, 2.24) is 9.97 Å². The predicted octanol–water partition coefficient (Wildman–Crippen LogP) is 9.47. The molecule has 0 aliphatic rings. The van der Waals surface area contributed by atoms with Crippen LogP contribution in [0.4, 0.5) is 0 Å². The first-order chi connectivity index (χ1) is 22.4. The first-order valence-electron chi connectivity index (χ1n) is 15.5. The maximum absolute atomic E-state index is 11.6. The van der Waals surface area contributed by atoms with Gasteiger partial charge in [0, 0.05) is 59.8 Å². The standard InChI is InChI=1S/2C15H11N.C11H18O4.Ir/c2*1-2-7-13(8-3-1)15-14-9-5-4-6-12(14)10-11-16-15;1-10(2,3)7(12)6-8(13)11(4,5)9(14)15;/h2*1-11H;6H2,1-5H3,(H,14,15);. The summed E-state index contributed by atoms with van der Waals surface area (Å²) in [5.41, 5.74) is 2.35. The summed E-state index contributed by atoms with van der Waals surface area (Å²) in [7, 11) is 0. The number of Topliss-reactive ketones (excluding diaryl/α,β-unsaturated/α-hetero) is 2. The third-order valence-corrected chi connectivity index (χ3v) is 7.83. The summed E-state index contributed by atoms with van der Waals surface area (Å²) in [5, 5.41) is 13.7. The number of pyridine rings is 2. The van der Waals surface area contributed by atoms with Crippen molar-refractivity contribution in [3.05, 3.63) is 134 Å². The minimum absolute atomic E-state index is 0. The van der Waals surface area contributed by atoms with E-state index in [-0.39, 0.29) is 32.3 Å². The summed E-state index contributed by atoms with van der Waals surface area (Å²) in [5.74, 6) is -1.98. The Morgan fingerprint density at radius 3 is 1.29 bits per heavy atom. The molecule has 0 spiro atoms. The second-order valence-electron chi connectivity index (χ2n) is 12.7. The Morgan fingerprint density at radius 2 is 0.917 bits per heavy atom. The molecule has 6 nitrogen and oxygen atoms in total. The van der Waals surface area contributed by atoms with Crippen molar-refractivity contribution in [2.45, 2.75) is 41.0 Å². The Hall–Kier alpha value is -4.84. The molecule has 7 heteroatoms. The third-order valence-electron chi connectivity index (χ3n) is 7.83. The molecule has 0 amide bonds. The van der Waals surface area contributed by atoms with Gasteiger partial charge in [-0.3, -0.25) is 24.4 Å². The first kappa shape index (κ1) is 37.6. The van der Waals surface area contributed by atoms with Crippen LogP contribution in [0.25, 0.3) is 44.1 Å². The molecule has 1 N–H and O–H groups in total. The quantitative estimate of drug-likeness (QED) is 0.168. The van der Waals surface area contributed by atoms with Crippen molar-refractivity contribution in [3.8, 4) is 22.5 Å². The fourth-order valence-electron chi connectivity index (χ4n) is 4.64. The van der Waals surface area contributed by atoms with E-state index in [1.165, 1.54) is 46.5 Å². The summed E-state index contributed by atoms with van der Waals surface area (Å²) in [4.78, 5) is 42.8. The average Bonchev–Trinajstić information content (AvgIpc) is 3.08. The van der Waals surface area contributed by atoms with E-state index >= 15 is 0 Å². The molecule has 0 saturated heterocycles. The Bertz CT molecular complexity index is 1860. The molecule has 0 unspecified atom stereocenters. The van der Waals surface area contributed by atoms with Crippen LogP contribution >= 0.6 is 0 Å². The van der Waals surface area contributed by atoms with E-state index in [2.05, 4.69) is 82.8 Å². The van der Waals surface area contributed by atoms with Gasteiger partial charge >= 0.3 is 5.97 Å². The van der Waals surface area contributed by atoms with Gasteiger partial charge in [-0.25, -0.2) is 0 Å². The minimum atomic E-state index is -1.49. The van der Waals surface area contributed by atoms with Gasteiger partial charge in [0.15, 0.2) is 5.78 Å². The zero-order valence-corrected chi connectivity index (χ0v) is 30.2. The molecular weight excluding hydrogens is 777 g/mol. The molecule has 2 heterocycles. The van der Waals surface area contributed by atoms with Crippen LogP contribution in [-0.4, -0.2) is 32.6 Å². The molecule has 0 fully saturated rings. The van der Waals surface area contributed by atoms with Crippen LogP contribution < -0.4 is 0 Å². The third kappa shape index (κ3) is 9.60. The second-order valence-corrected chi connectivity index (χ2v) is 12.7. The predicted molar refractivity (Wildman–Crippen MR) is 190 cm³/mol. The largest absolute Gasteiger partial charge is 0.481 e. The number of carboxylic acids is 1. The number of benzene rings is 4. The molecule has 0 aliphatic carbocycles. The summed E-state index contributed by atoms with van der Waals surface area (Å²) in [6.07, 6.45) is 3.41. The summed E-state index contributed by atoms with van der Waals surface area (Å²) in [6.45, 7) is 7.74. The Balaban J connectivity index is 0.000000194. The van der Waals surface area contributed by atoms with Gasteiger partial charge in [-0.15, -0.1) is 0 Å². The Kier molecular flexibility index (Phi) is 13.2. The van der Waals surface area contributed by atoms with Gasteiger partial charge in [-0.2, -0.15) is 0 Å². The molecule has 2 aromatic heterocycles. The van der Waals surface area contributed by atoms with Crippen molar-refractivity contribution in [2.75, 3.05) is 0 Å². The van der Waals surface area contributed by atoms with Crippen LogP contribution in [0.15, 0.2) is 134 Å². The van der Waals surface area contributed by atoms with E-state index in [0.717, 1.165) is 11.4 Å². The number of fused-ring (bicyclic) bond motifs is 2. The van der Waals surface area contributed by atoms with Crippen LogP contribution in [0.5, 0.6) is 0 Å². The smallest absolute Gasteiger partial charge is 0.316 e. The zero-order chi connectivity index (χ0) is 34.0.